The molecular weight excluding hydrogens is 256 g/mol. The first-order valence-electron chi connectivity index (χ1n) is 9.85. The van der Waals surface area contributed by atoms with Crippen molar-refractivity contribution in [2.45, 2.75) is 117 Å². The third-order valence-electron chi connectivity index (χ3n) is 5.05. The SMILES string of the molecule is CCCCCCCCC(CCCC)(CCCC)CCCO. The molecule has 0 rings (SSSR count). The predicted molar refractivity (Wildman–Crippen MR) is 95.8 cm³/mol. The molecule has 1 nitrogen and oxygen atoms in total. The smallest absolute Gasteiger partial charge is 0.0431 e. The second kappa shape index (κ2) is 14.9. The van der Waals surface area contributed by atoms with Gasteiger partial charge in [0.15, 0.2) is 0 Å². The van der Waals surface area contributed by atoms with Crippen molar-refractivity contribution in [1.29, 1.82) is 0 Å². The molecule has 0 unspecified atom stereocenters. The predicted octanol–water partition coefficient (Wildman–Crippen LogP) is 6.88. The largest absolute Gasteiger partial charge is 0.396 e. The van der Waals surface area contributed by atoms with Crippen LogP contribution in [-0.4, -0.2) is 11.7 Å². The summed E-state index contributed by atoms with van der Waals surface area (Å²) in [5.74, 6) is 0. The van der Waals surface area contributed by atoms with Gasteiger partial charge in [-0.1, -0.05) is 85.0 Å². The van der Waals surface area contributed by atoms with Crippen LogP contribution >= 0.6 is 0 Å². The van der Waals surface area contributed by atoms with Crippen LogP contribution < -0.4 is 0 Å². The van der Waals surface area contributed by atoms with E-state index in [2.05, 4.69) is 20.8 Å². The molecule has 0 amide bonds. The van der Waals surface area contributed by atoms with E-state index in [9.17, 15) is 5.11 Å². The molecule has 0 aromatic carbocycles. The second-order valence-corrected chi connectivity index (χ2v) is 7.05. The van der Waals surface area contributed by atoms with Crippen LogP contribution in [0.5, 0.6) is 0 Å². The molecule has 0 atom stereocenters. The topological polar surface area (TPSA) is 20.2 Å². The minimum atomic E-state index is 0.372. The molecule has 0 aliphatic rings. The van der Waals surface area contributed by atoms with Gasteiger partial charge in [-0.3, -0.25) is 0 Å². The molecule has 0 radical (unpaired) electrons. The van der Waals surface area contributed by atoms with Crippen LogP contribution in [-0.2, 0) is 0 Å². The fourth-order valence-corrected chi connectivity index (χ4v) is 3.59. The summed E-state index contributed by atoms with van der Waals surface area (Å²) in [5.41, 5.74) is 0.541. The molecule has 0 fully saturated rings. The monoisotopic (exact) mass is 298 g/mol. The molecule has 1 N–H and O–H groups in total. The van der Waals surface area contributed by atoms with Gasteiger partial charge in [0.2, 0.25) is 0 Å². The maximum atomic E-state index is 9.25. The van der Waals surface area contributed by atoms with Gasteiger partial charge in [0.05, 0.1) is 0 Å². The van der Waals surface area contributed by atoms with E-state index in [1.54, 1.807) is 0 Å². The first kappa shape index (κ1) is 21.0. The highest BCUT2D eigenvalue weighted by Crippen LogP contribution is 2.41. The Morgan fingerprint density at radius 2 is 0.952 bits per heavy atom. The summed E-state index contributed by atoms with van der Waals surface area (Å²) in [5, 5.41) is 9.25. The van der Waals surface area contributed by atoms with Gasteiger partial charge in [-0.05, 0) is 37.5 Å². The molecule has 0 saturated heterocycles. The molecule has 0 spiro atoms. The maximum Gasteiger partial charge on any atom is 0.0431 e. The minimum absolute atomic E-state index is 0.372. The molecule has 1 heteroatoms. The quantitative estimate of drug-likeness (QED) is 0.308. The van der Waals surface area contributed by atoms with E-state index < -0.39 is 0 Å². The highest BCUT2D eigenvalue weighted by atomic mass is 16.2. The fraction of sp³-hybridized carbons (Fsp3) is 1.00. The standard InChI is InChI=1S/C20H42O/c1-4-7-10-11-12-13-17-20(15-8-5-2,16-9-6-3)18-14-19-21/h21H,4-19H2,1-3H3. The summed E-state index contributed by atoms with van der Waals surface area (Å²) in [7, 11) is 0. The fourth-order valence-electron chi connectivity index (χ4n) is 3.59. The Balaban J connectivity index is 4.28. The van der Waals surface area contributed by atoms with Gasteiger partial charge in [-0.15, -0.1) is 0 Å². The first-order valence-corrected chi connectivity index (χ1v) is 9.85. The summed E-state index contributed by atoms with van der Waals surface area (Å²) in [6.07, 6.45) is 20.2. The van der Waals surface area contributed by atoms with Crippen LogP contribution in [0.25, 0.3) is 0 Å². The van der Waals surface area contributed by atoms with Crippen LogP contribution in [0.1, 0.15) is 117 Å². The van der Waals surface area contributed by atoms with Gasteiger partial charge < -0.3 is 5.11 Å². The lowest BCUT2D eigenvalue weighted by atomic mass is 9.71. The zero-order valence-electron chi connectivity index (χ0n) is 15.3. The number of aliphatic hydroxyl groups is 1. The molecule has 0 aromatic rings. The zero-order valence-corrected chi connectivity index (χ0v) is 15.3. The number of hydrogen-bond donors (Lipinski definition) is 1. The van der Waals surface area contributed by atoms with Crippen molar-refractivity contribution in [3.8, 4) is 0 Å². The molecule has 0 aliphatic carbocycles. The van der Waals surface area contributed by atoms with Crippen molar-refractivity contribution in [2.75, 3.05) is 6.61 Å². The van der Waals surface area contributed by atoms with E-state index in [1.165, 1.54) is 89.9 Å². The average Bonchev–Trinajstić information content (AvgIpc) is 2.51. The third kappa shape index (κ3) is 11.2. The van der Waals surface area contributed by atoms with Crippen LogP contribution in [0.3, 0.4) is 0 Å². The molecular formula is C20H42O. The third-order valence-corrected chi connectivity index (χ3v) is 5.05. The molecule has 0 saturated carbocycles. The highest BCUT2D eigenvalue weighted by Gasteiger charge is 2.27. The summed E-state index contributed by atoms with van der Waals surface area (Å²) in [4.78, 5) is 0. The summed E-state index contributed by atoms with van der Waals surface area (Å²) in [6, 6.07) is 0. The summed E-state index contributed by atoms with van der Waals surface area (Å²) in [6.45, 7) is 7.27. The Labute approximate surface area is 134 Å². The molecule has 0 heterocycles. The average molecular weight is 299 g/mol. The number of unbranched alkanes of at least 4 members (excludes halogenated alkanes) is 7. The van der Waals surface area contributed by atoms with Crippen molar-refractivity contribution in [3.05, 3.63) is 0 Å². The van der Waals surface area contributed by atoms with E-state index in [1.807, 2.05) is 0 Å². The van der Waals surface area contributed by atoms with Crippen LogP contribution in [0.2, 0.25) is 0 Å². The van der Waals surface area contributed by atoms with Crippen molar-refractivity contribution in [3.63, 3.8) is 0 Å². The van der Waals surface area contributed by atoms with Crippen molar-refractivity contribution in [2.24, 2.45) is 5.41 Å². The highest BCUT2D eigenvalue weighted by molar-refractivity contribution is 4.79. The van der Waals surface area contributed by atoms with Crippen molar-refractivity contribution < 1.29 is 5.11 Å². The lowest BCUT2D eigenvalue weighted by molar-refractivity contribution is 0.157. The van der Waals surface area contributed by atoms with Gasteiger partial charge in [0.25, 0.3) is 0 Å². The lowest BCUT2D eigenvalue weighted by Gasteiger charge is -2.34. The Kier molecular flexibility index (Phi) is 14.9. The second-order valence-electron chi connectivity index (χ2n) is 7.05. The van der Waals surface area contributed by atoms with Gasteiger partial charge >= 0.3 is 0 Å². The number of aliphatic hydroxyl groups excluding tert-OH is 1. The summed E-state index contributed by atoms with van der Waals surface area (Å²) < 4.78 is 0. The minimum Gasteiger partial charge on any atom is -0.396 e. The van der Waals surface area contributed by atoms with Crippen LogP contribution in [0, 0.1) is 5.41 Å². The van der Waals surface area contributed by atoms with E-state index in [0.29, 0.717) is 12.0 Å². The molecule has 21 heavy (non-hydrogen) atoms. The lowest BCUT2D eigenvalue weighted by Crippen LogP contribution is -2.22. The molecule has 0 bridgehead atoms. The molecule has 0 aromatic heterocycles. The molecule has 0 aliphatic heterocycles. The Morgan fingerprint density at radius 3 is 1.48 bits per heavy atom. The van der Waals surface area contributed by atoms with E-state index in [-0.39, 0.29) is 0 Å². The maximum absolute atomic E-state index is 9.25. The number of rotatable bonds is 16. The van der Waals surface area contributed by atoms with Gasteiger partial charge in [-0.2, -0.15) is 0 Å². The first-order chi connectivity index (χ1) is 10.2. The van der Waals surface area contributed by atoms with Crippen molar-refractivity contribution in [1.82, 2.24) is 0 Å². The van der Waals surface area contributed by atoms with Crippen molar-refractivity contribution >= 4 is 0 Å². The van der Waals surface area contributed by atoms with E-state index in [0.717, 1.165) is 6.42 Å². The van der Waals surface area contributed by atoms with Gasteiger partial charge in [0.1, 0.15) is 0 Å². The normalized spacial score (nSPS) is 12.0. The van der Waals surface area contributed by atoms with Gasteiger partial charge in [-0.25, -0.2) is 0 Å². The van der Waals surface area contributed by atoms with E-state index in [4.69, 9.17) is 0 Å². The summed E-state index contributed by atoms with van der Waals surface area (Å²) >= 11 is 0. The molecule has 128 valence electrons. The number of hydrogen-bond acceptors (Lipinski definition) is 1. The Morgan fingerprint density at radius 1 is 0.524 bits per heavy atom. The Hall–Kier alpha value is -0.0400. The Bertz CT molecular complexity index is 178. The van der Waals surface area contributed by atoms with E-state index >= 15 is 0 Å². The zero-order chi connectivity index (χ0) is 15.8. The van der Waals surface area contributed by atoms with Crippen LogP contribution in [0.4, 0.5) is 0 Å². The van der Waals surface area contributed by atoms with Gasteiger partial charge in [0, 0.05) is 6.61 Å². The van der Waals surface area contributed by atoms with Crippen LogP contribution in [0.15, 0.2) is 0 Å².